The molecule has 2 amide bonds. The Labute approximate surface area is 408 Å². The summed E-state index contributed by atoms with van der Waals surface area (Å²) in [6, 6.07) is -3.40. The quantitative estimate of drug-likeness (QED) is 0.0643. The molecular weight excluding hydrogens is 988 g/mol. The highest BCUT2D eigenvalue weighted by atomic mass is 16.8. The maximum atomic E-state index is 12.7. The minimum absolute atomic E-state index is 0.728. The lowest BCUT2D eigenvalue weighted by molar-refractivity contribution is -0.384. The number of ether oxygens (including phenoxy) is 11. The van der Waals surface area contributed by atoms with Gasteiger partial charge in [0.25, 0.3) is 0 Å². The van der Waals surface area contributed by atoms with Gasteiger partial charge in [0.1, 0.15) is 140 Å². The average Bonchev–Trinajstić information content (AvgIpc) is 3.34. The van der Waals surface area contributed by atoms with E-state index in [9.17, 15) is 96.4 Å². The van der Waals surface area contributed by atoms with E-state index in [1.54, 1.807) is 0 Å². The summed E-state index contributed by atoms with van der Waals surface area (Å²) >= 11 is 0. The molecule has 0 bridgehead atoms. The molecule has 6 heterocycles. The summed E-state index contributed by atoms with van der Waals surface area (Å²) in [5.41, 5.74) is 0. The van der Waals surface area contributed by atoms with E-state index >= 15 is 0 Å². The first kappa shape index (κ1) is 59.1. The van der Waals surface area contributed by atoms with Crippen molar-refractivity contribution in [3.63, 3.8) is 0 Å². The van der Waals surface area contributed by atoms with Crippen molar-refractivity contribution in [2.75, 3.05) is 33.0 Å². The average molecular weight is 1060 g/mol. The zero-order valence-corrected chi connectivity index (χ0v) is 38.8. The van der Waals surface area contributed by atoms with Gasteiger partial charge in [-0.05, 0) is 6.92 Å². The van der Waals surface area contributed by atoms with Crippen LogP contribution in [0.5, 0.6) is 0 Å². The van der Waals surface area contributed by atoms with E-state index in [-0.39, 0.29) is 0 Å². The van der Waals surface area contributed by atoms with Crippen molar-refractivity contribution < 1.29 is 149 Å². The molecule has 32 nitrogen and oxygen atoms in total. The molecule has 6 aliphatic heterocycles. The number of nitrogens with one attached hydrogen (secondary N) is 2. The first-order valence-electron chi connectivity index (χ1n) is 23.0. The second kappa shape index (κ2) is 25.3. The molecule has 6 aliphatic rings. The minimum atomic E-state index is -2.23. The third kappa shape index (κ3) is 12.8. The van der Waals surface area contributed by atoms with Crippen LogP contribution < -0.4 is 10.6 Å². The van der Waals surface area contributed by atoms with Crippen LogP contribution in [0.3, 0.4) is 0 Å². The second-order valence-electron chi connectivity index (χ2n) is 18.3. The van der Waals surface area contributed by atoms with Crippen LogP contribution >= 0.6 is 0 Å². The summed E-state index contributed by atoms with van der Waals surface area (Å²) in [6.45, 7) is -1.00. The Balaban J connectivity index is 1.26. The first-order valence-corrected chi connectivity index (χ1v) is 23.0. The Morgan fingerprint density at radius 1 is 0.389 bits per heavy atom. The van der Waals surface area contributed by atoms with Crippen molar-refractivity contribution in [3.05, 3.63) is 0 Å². The summed E-state index contributed by atoms with van der Waals surface area (Å²) < 4.78 is 62.8. The third-order valence-corrected chi connectivity index (χ3v) is 13.2. The number of rotatable bonds is 17. The number of hydrogen-bond acceptors (Lipinski definition) is 30. The molecule has 6 saturated heterocycles. The number of aliphatic hydroxyl groups excluding tert-OH is 17. The normalized spacial score (nSPS) is 50.3. The highest BCUT2D eigenvalue weighted by Crippen LogP contribution is 2.36. The topological polar surface area (TPSA) is 504 Å². The predicted molar refractivity (Wildman–Crippen MR) is 221 cm³/mol. The van der Waals surface area contributed by atoms with Crippen molar-refractivity contribution in [2.24, 2.45) is 0 Å². The Kier molecular flexibility index (Phi) is 20.8. The fourth-order valence-corrected chi connectivity index (χ4v) is 9.06. The number of aliphatic hydroxyl groups is 17. The van der Waals surface area contributed by atoms with Crippen LogP contribution in [0.2, 0.25) is 0 Å². The molecule has 32 heteroatoms. The smallest absolute Gasteiger partial charge is 0.217 e. The predicted octanol–water partition coefficient (Wildman–Crippen LogP) is -12.8. The summed E-state index contributed by atoms with van der Waals surface area (Å²) in [7, 11) is 0. The van der Waals surface area contributed by atoms with Gasteiger partial charge in [0.15, 0.2) is 37.7 Å². The minimum Gasteiger partial charge on any atom is -0.394 e. The van der Waals surface area contributed by atoms with E-state index in [0.717, 1.165) is 13.8 Å². The summed E-state index contributed by atoms with van der Waals surface area (Å²) in [5.74, 6) is -1.60. The summed E-state index contributed by atoms with van der Waals surface area (Å²) in [5, 5.41) is 186. The Hall–Kier alpha value is -2.18. The zero-order valence-electron chi connectivity index (χ0n) is 38.8. The Morgan fingerprint density at radius 2 is 0.792 bits per heavy atom. The molecule has 0 unspecified atom stereocenters. The van der Waals surface area contributed by atoms with Gasteiger partial charge >= 0.3 is 0 Å². The molecule has 0 radical (unpaired) electrons. The van der Waals surface area contributed by atoms with Crippen LogP contribution in [0.15, 0.2) is 0 Å². The lowest BCUT2D eigenvalue weighted by atomic mass is 9.94. The van der Waals surface area contributed by atoms with Crippen LogP contribution in [0, 0.1) is 0 Å². The zero-order chi connectivity index (χ0) is 53.2. The van der Waals surface area contributed by atoms with Crippen molar-refractivity contribution in [1.29, 1.82) is 0 Å². The largest absolute Gasteiger partial charge is 0.394 e. The summed E-state index contributed by atoms with van der Waals surface area (Å²) in [6.07, 6.45) is -51.4. The van der Waals surface area contributed by atoms with E-state index < -0.39 is 229 Å². The van der Waals surface area contributed by atoms with Crippen molar-refractivity contribution in [2.45, 2.75) is 205 Å². The second-order valence-corrected chi connectivity index (χ2v) is 18.3. The van der Waals surface area contributed by atoms with Crippen LogP contribution in [0.1, 0.15) is 20.8 Å². The monoisotopic (exact) mass is 1060 g/mol. The number of carbonyl (C=O) groups excluding carboxylic acids is 2. The SMILES string of the molecule is CC(=O)N[C@@H]1[C@@H](O)[C@H](O[C@@H]2O[C@H](CO)[C@@H](O[C@@H]3O[C@H](CO[C@H]4O[C@H](CO)[C@@H](O)[C@H](O)[C@@H]4O)[C@@H](O)[C@H](O[C@H]4O[C@H](CO)[C@@H](O)[C@H](O)[C@@H]4O)[C@@H]3O)[C@H](O)[C@H]2NC(C)=O)[C@@H](CO[C@H]2O[C@H](C)[C@H](O)[C@H](O)[C@H]2O)O[C@H]1O. The van der Waals surface area contributed by atoms with Crippen LogP contribution in [-0.4, -0.2) is 316 Å². The number of carbonyl (C=O) groups is 2. The van der Waals surface area contributed by atoms with E-state index in [1.165, 1.54) is 6.92 Å². The lowest BCUT2D eigenvalue weighted by Crippen LogP contribution is -2.70. The molecule has 0 spiro atoms. The van der Waals surface area contributed by atoms with Crippen molar-refractivity contribution >= 4 is 11.8 Å². The lowest BCUT2D eigenvalue weighted by Gasteiger charge is -2.50. The van der Waals surface area contributed by atoms with Gasteiger partial charge in [-0.2, -0.15) is 0 Å². The molecule has 0 aliphatic carbocycles. The molecule has 418 valence electrons. The maximum absolute atomic E-state index is 12.7. The van der Waals surface area contributed by atoms with Gasteiger partial charge in [0.2, 0.25) is 11.8 Å². The third-order valence-electron chi connectivity index (χ3n) is 13.2. The van der Waals surface area contributed by atoms with Crippen molar-refractivity contribution in [3.8, 4) is 0 Å². The van der Waals surface area contributed by atoms with Gasteiger partial charge < -0.3 is 150 Å². The molecule has 0 aromatic carbocycles. The standard InChI is InChI=1S/C40H68N2O30/c1-9-19(48)25(54)28(57)37(64-9)63-8-16-33(23(52)17(35(61)65-16)41-10(2)46)70-36-18(42-11(3)47)24(53)32(14(6-45)68-36)71-40-31(60)34(72-39-30(59)27(56)21(50)13(5-44)67-39)22(51)15(69-40)7-62-38-29(58)26(55)20(49)12(4-43)66-38/h9,12-40,43-45,48-61H,4-8H2,1-3H3,(H,41,46)(H,42,47)/t9-,12-,13-,14-,15-,16-,17-,18-,19+,20-,21-,22-,23-,24-,25+,26+,27+,28-,29+,30+,31+,32-,33-,34+,35-,36+,37+,38+,39-,40+/m1/s1. The van der Waals surface area contributed by atoms with Crippen molar-refractivity contribution in [1.82, 2.24) is 10.6 Å². The van der Waals surface area contributed by atoms with Gasteiger partial charge in [-0.25, -0.2) is 0 Å². The van der Waals surface area contributed by atoms with Gasteiger partial charge in [-0.15, -0.1) is 0 Å². The van der Waals surface area contributed by atoms with E-state index in [2.05, 4.69) is 10.6 Å². The molecule has 0 aromatic rings. The van der Waals surface area contributed by atoms with Crippen LogP contribution in [0.4, 0.5) is 0 Å². The van der Waals surface area contributed by atoms with Gasteiger partial charge in [-0.1, -0.05) is 0 Å². The Morgan fingerprint density at radius 3 is 1.35 bits per heavy atom. The Bertz CT molecular complexity index is 1730. The molecule has 72 heavy (non-hydrogen) atoms. The highest BCUT2D eigenvalue weighted by molar-refractivity contribution is 5.73. The fourth-order valence-electron chi connectivity index (χ4n) is 9.06. The molecule has 6 rings (SSSR count). The van der Waals surface area contributed by atoms with E-state index in [0.29, 0.717) is 0 Å². The van der Waals surface area contributed by atoms with Gasteiger partial charge in [-0.3, -0.25) is 9.59 Å². The highest BCUT2D eigenvalue weighted by Gasteiger charge is 2.57. The maximum Gasteiger partial charge on any atom is 0.217 e. The summed E-state index contributed by atoms with van der Waals surface area (Å²) in [4.78, 5) is 24.8. The van der Waals surface area contributed by atoms with E-state index in [1.807, 2.05) is 0 Å². The molecule has 0 aromatic heterocycles. The number of amides is 2. The van der Waals surface area contributed by atoms with Gasteiger partial charge in [0.05, 0.1) is 39.1 Å². The fraction of sp³-hybridized carbons (Fsp3) is 0.950. The molecular formula is C40H68N2O30. The van der Waals surface area contributed by atoms with Crippen LogP contribution in [-0.2, 0) is 61.7 Å². The first-order chi connectivity index (χ1) is 33.9. The van der Waals surface area contributed by atoms with Gasteiger partial charge in [0, 0.05) is 13.8 Å². The molecule has 30 atom stereocenters. The van der Waals surface area contributed by atoms with E-state index in [4.69, 9.17) is 52.1 Å². The molecule has 0 saturated carbocycles. The van der Waals surface area contributed by atoms with Crippen LogP contribution in [0.25, 0.3) is 0 Å². The molecule has 6 fully saturated rings. The number of hydrogen-bond donors (Lipinski definition) is 19. The molecule has 19 N–H and O–H groups in total.